The molecule has 5 heteroatoms. The van der Waals surface area contributed by atoms with Gasteiger partial charge in [0, 0.05) is 45.3 Å². The van der Waals surface area contributed by atoms with Crippen molar-refractivity contribution >= 4 is 5.91 Å². The molecule has 1 amide bonds. The molecule has 2 aliphatic heterocycles. The van der Waals surface area contributed by atoms with E-state index < -0.39 is 0 Å². The minimum atomic E-state index is 0.263. The van der Waals surface area contributed by atoms with Crippen LogP contribution in [0.25, 0.3) is 0 Å². The minimum absolute atomic E-state index is 0.263. The number of nitrogens with one attached hydrogen (secondary N) is 1. The van der Waals surface area contributed by atoms with Crippen LogP contribution < -0.4 is 5.32 Å². The summed E-state index contributed by atoms with van der Waals surface area (Å²) < 4.78 is 0. The van der Waals surface area contributed by atoms with Gasteiger partial charge in [-0.2, -0.15) is 0 Å². The monoisotopic (exact) mass is 254 g/mol. The van der Waals surface area contributed by atoms with Crippen LogP contribution in [0.15, 0.2) is 0 Å². The summed E-state index contributed by atoms with van der Waals surface area (Å²) in [6.45, 7) is 6.64. The smallest absolute Gasteiger partial charge is 0.236 e. The van der Waals surface area contributed by atoms with Crippen LogP contribution >= 0.6 is 0 Å². The van der Waals surface area contributed by atoms with Gasteiger partial charge in [-0.25, -0.2) is 0 Å². The van der Waals surface area contributed by atoms with E-state index in [4.69, 9.17) is 0 Å². The van der Waals surface area contributed by atoms with E-state index in [1.54, 1.807) is 0 Å². The molecule has 1 N–H and O–H groups in total. The Kier molecular flexibility index (Phi) is 4.97. The first-order valence-electron chi connectivity index (χ1n) is 7.04. The van der Waals surface area contributed by atoms with Crippen molar-refractivity contribution in [2.75, 3.05) is 59.9 Å². The average Bonchev–Trinajstić information content (AvgIpc) is 2.87. The molecule has 0 spiro atoms. The molecule has 0 aliphatic carbocycles. The van der Waals surface area contributed by atoms with Crippen LogP contribution in [0.1, 0.15) is 12.8 Å². The van der Waals surface area contributed by atoms with Crippen molar-refractivity contribution in [1.29, 1.82) is 0 Å². The van der Waals surface area contributed by atoms with Crippen molar-refractivity contribution < 1.29 is 4.79 Å². The van der Waals surface area contributed by atoms with Crippen LogP contribution in [0.2, 0.25) is 0 Å². The molecule has 2 fully saturated rings. The maximum Gasteiger partial charge on any atom is 0.236 e. The quantitative estimate of drug-likeness (QED) is 0.730. The highest BCUT2D eigenvalue weighted by Gasteiger charge is 2.22. The van der Waals surface area contributed by atoms with Crippen molar-refractivity contribution in [3.8, 4) is 0 Å². The fourth-order valence-corrected chi connectivity index (χ4v) is 2.75. The van der Waals surface area contributed by atoms with E-state index in [9.17, 15) is 4.79 Å². The Hall–Kier alpha value is -0.650. The second-order valence-electron chi connectivity index (χ2n) is 5.62. The number of likely N-dealkylation sites (N-methyl/N-ethyl adjacent to an activating group) is 2. The van der Waals surface area contributed by atoms with Gasteiger partial charge in [-0.1, -0.05) is 0 Å². The summed E-state index contributed by atoms with van der Waals surface area (Å²) >= 11 is 0. The second kappa shape index (κ2) is 6.50. The number of nitrogens with zero attached hydrogens (tertiary/aromatic N) is 3. The standard InChI is InChI=1S/C13H26N4O/c1-15-7-8-16(2)12(11-15)9-14-10-13(18)17-5-3-4-6-17/h12,14H,3-11H2,1-2H3. The van der Waals surface area contributed by atoms with Gasteiger partial charge in [0.2, 0.25) is 5.91 Å². The first kappa shape index (κ1) is 13.8. The zero-order valence-electron chi connectivity index (χ0n) is 11.7. The molecule has 2 rings (SSSR count). The fraction of sp³-hybridized carbons (Fsp3) is 0.923. The third-order valence-electron chi connectivity index (χ3n) is 4.10. The number of piperazine rings is 1. The predicted molar refractivity (Wildman–Crippen MR) is 72.6 cm³/mol. The molecule has 0 aromatic carbocycles. The van der Waals surface area contributed by atoms with Gasteiger partial charge in [0.1, 0.15) is 0 Å². The lowest BCUT2D eigenvalue weighted by Gasteiger charge is -2.37. The molecular formula is C13H26N4O. The van der Waals surface area contributed by atoms with E-state index in [1.807, 2.05) is 4.90 Å². The third kappa shape index (κ3) is 3.67. The molecule has 0 aromatic rings. The van der Waals surface area contributed by atoms with E-state index in [1.165, 1.54) is 12.8 Å². The van der Waals surface area contributed by atoms with Crippen molar-refractivity contribution in [2.45, 2.75) is 18.9 Å². The van der Waals surface area contributed by atoms with Crippen molar-refractivity contribution in [3.05, 3.63) is 0 Å². The molecule has 0 radical (unpaired) electrons. The Morgan fingerprint density at radius 3 is 2.61 bits per heavy atom. The van der Waals surface area contributed by atoms with Gasteiger partial charge < -0.3 is 15.1 Å². The summed E-state index contributed by atoms with van der Waals surface area (Å²) in [5.74, 6) is 0.263. The topological polar surface area (TPSA) is 38.8 Å². The normalized spacial score (nSPS) is 26.8. The maximum atomic E-state index is 11.9. The summed E-state index contributed by atoms with van der Waals surface area (Å²) in [5, 5.41) is 3.32. The van der Waals surface area contributed by atoms with Gasteiger partial charge in [0.25, 0.3) is 0 Å². The highest BCUT2D eigenvalue weighted by molar-refractivity contribution is 5.78. The predicted octanol–water partition coefficient (Wildman–Crippen LogP) is -0.556. The van der Waals surface area contributed by atoms with Crippen LogP contribution in [0, 0.1) is 0 Å². The van der Waals surface area contributed by atoms with Crippen LogP contribution in [0.4, 0.5) is 0 Å². The van der Waals surface area contributed by atoms with Crippen molar-refractivity contribution in [2.24, 2.45) is 0 Å². The SMILES string of the molecule is CN1CCN(C)C(CNCC(=O)N2CCCC2)C1. The fourth-order valence-electron chi connectivity index (χ4n) is 2.75. The molecule has 1 atom stereocenters. The molecule has 1 unspecified atom stereocenters. The summed E-state index contributed by atoms with van der Waals surface area (Å²) in [6, 6.07) is 0.523. The molecule has 0 aromatic heterocycles. The Morgan fingerprint density at radius 1 is 1.17 bits per heavy atom. The number of likely N-dealkylation sites (tertiary alicyclic amines) is 1. The largest absolute Gasteiger partial charge is 0.342 e. The van der Waals surface area contributed by atoms with Gasteiger partial charge in [0.05, 0.1) is 6.54 Å². The number of carbonyl (C=O) groups is 1. The van der Waals surface area contributed by atoms with Gasteiger partial charge in [0.15, 0.2) is 0 Å². The zero-order valence-corrected chi connectivity index (χ0v) is 11.7. The number of hydrogen-bond donors (Lipinski definition) is 1. The van der Waals surface area contributed by atoms with Crippen LogP contribution in [0.3, 0.4) is 0 Å². The van der Waals surface area contributed by atoms with Crippen molar-refractivity contribution in [1.82, 2.24) is 20.0 Å². The Morgan fingerprint density at radius 2 is 1.89 bits per heavy atom. The van der Waals surface area contributed by atoms with Crippen LogP contribution in [-0.2, 0) is 4.79 Å². The van der Waals surface area contributed by atoms with E-state index >= 15 is 0 Å². The first-order valence-corrected chi connectivity index (χ1v) is 7.04. The summed E-state index contributed by atoms with van der Waals surface area (Å²) in [7, 11) is 4.33. The molecule has 0 saturated carbocycles. The molecular weight excluding hydrogens is 228 g/mol. The van der Waals surface area contributed by atoms with Gasteiger partial charge in [-0.3, -0.25) is 9.69 Å². The number of amides is 1. The number of rotatable bonds is 4. The van der Waals surface area contributed by atoms with Gasteiger partial charge >= 0.3 is 0 Å². The molecule has 2 heterocycles. The number of carbonyl (C=O) groups excluding carboxylic acids is 1. The van der Waals surface area contributed by atoms with E-state index in [-0.39, 0.29) is 5.91 Å². The lowest BCUT2D eigenvalue weighted by atomic mass is 10.2. The summed E-state index contributed by atoms with van der Waals surface area (Å²) in [5.41, 5.74) is 0. The molecule has 0 bridgehead atoms. The summed E-state index contributed by atoms with van der Waals surface area (Å²) in [4.78, 5) is 18.6. The van der Waals surface area contributed by atoms with E-state index in [2.05, 4.69) is 29.2 Å². The molecule has 2 saturated heterocycles. The van der Waals surface area contributed by atoms with Crippen LogP contribution in [0.5, 0.6) is 0 Å². The highest BCUT2D eigenvalue weighted by Crippen LogP contribution is 2.07. The summed E-state index contributed by atoms with van der Waals surface area (Å²) in [6.07, 6.45) is 2.34. The average molecular weight is 254 g/mol. The maximum absolute atomic E-state index is 11.9. The van der Waals surface area contributed by atoms with E-state index in [0.29, 0.717) is 12.6 Å². The zero-order chi connectivity index (χ0) is 13.0. The lowest BCUT2D eigenvalue weighted by molar-refractivity contribution is -0.129. The van der Waals surface area contributed by atoms with Crippen molar-refractivity contribution in [3.63, 3.8) is 0 Å². The molecule has 2 aliphatic rings. The second-order valence-corrected chi connectivity index (χ2v) is 5.62. The molecule has 104 valence electrons. The van der Waals surface area contributed by atoms with Gasteiger partial charge in [-0.05, 0) is 26.9 Å². The Labute approximate surface area is 110 Å². The molecule has 18 heavy (non-hydrogen) atoms. The highest BCUT2D eigenvalue weighted by atomic mass is 16.2. The third-order valence-corrected chi connectivity index (χ3v) is 4.10. The Bertz CT molecular complexity index is 278. The lowest BCUT2D eigenvalue weighted by Crippen LogP contribution is -2.54. The minimum Gasteiger partial charge on any atom is -0.342 e. The number of hydrogen-bond acceptors (Lipinski definition) is 4. The Balaban J connectivity index is 1.66. The van der Waals surface area contributed by atoms with Gasteiger partial charge in [-0.15, -0.1) is 0 Å². The first-order chi connectivity index (χ1) is 8.66. The van der Waals surface area contributed by atoms with Crippen LogP contribution in [-0.4, -0.2) is 86.6 Å². The van der Waals surface area contributed by atoms with E-state index in [0.717, 1.165) is 39.3 Å². The molecule has 5 nitrogen and oxygen atoms in total.